The molecule has 0 aliphatic carbocycles. The van der Waals surface area contributed by atoms with Gasteiger partial charge in [-0.3, -0.25) is 4.79 Å². The number of aromatic nitrogens is 1. The van der Waals surface area contributed by atoms with Gasteiger partial charge < -0.3 is 4.74 Å². The zero-order chi connectivity index (χ0) is 12.2. The highest BCUT2D eigenvalue weighted by Gasteiger charge is 2.26. The largest absolute Gasteiger partial charge is 0.491 e. The molecule has 1 aromatic heterocycles. The van der Waals surface area contributed by atoms with Crippen molar-refractivity contribution < 1.29 is 22.7 Å². The molecule has 88 valence electrons. The van der Waals surface area contributed by atoms with Crippen molar-refractivity contribution >= 4 is 6.29 Å². The fourth-order valence-electron chi connectivity index (χ4n) is 1.06. The molecule has 0 unspecified atom stereocenters. The van der Waals surface area contributed by atoms with Gasteiger partial charge in [-0.05, 0) is 18.6 Å². The number of pyridine rings is 1. The van der Waals surface area contributed by atoms with E-state index >= 15 is 0 Å². The smallest absolute Gasteiger partial charge is 0.392 e. The van der Waals surface area contributed by atoms with Gasteiger partial charge in [0, 0.05) is 0 Å². The minimum atomic E-state index is -4.23. The van der Waals surface area contributed by atoms with Gasteiger partial charge in [0.25, 0.3) is 0 Å². The maximum Gasteiger partial charge on any atom is 0.392 e. The van der Waals surface area contributed by atoms with Crippen molar-refractivity contribution in [1.29, 1.82) is 0 Å². The van der Waals surface area contributed by atoms with Crippen molar-refractivity contribution in [1.82, 2.24) is 4.98 Å². The Morgan fingerprint density at radius 1 is 1.50 bits per heavy atom. The van der Waals surface area contributed by atoms with Crippen molar-refractivity contribution in [2.24, 2.45) is 0 Å². The molecule has 0 bridgehead atoms. The van der Waals surface area contributed by atoms with Crippen LogP contribution in [0.4, 0.5) is 13.2 Å². The first-order valence-electron chi connectivity index (χ1n) is 4.54. The van der Waals surface area contributed by atoms with E-state index in [9.17, 15) is 18.0 Å². The lowest BCUT2D eigenvalue weighted by Crippen LogP contribution is -2.13. The Kier molecular flexibility index (Phi) is 3.87. The predicted octanol–water partition coefficient (Wildman–Crippen LogP) is 2.53. The number of rotatable bonds is 4. The van der Waals surface area contributed by atoms with Crippen LogP contribution in [0.1, 0.15) is 22.5 Å². The van der Waals surface area contributed by atoms with Crippen LogP contribution in [0.3, 0.4) is 0 Å². The van der Waals surface area contributed by atoms with E-state index in [1.807, 2.05) is 0 Å². The third kappa shape index (κ3) is 3.88. The molecule has 1 aromatic rings. The van der Waals surface area contributed by atoms with E-state index in [1.54, 1.807) is 6.92 Å². The van der Waals surface area contributed by atoms with Crippen LogP contribution in [-0.2, 0) is 0 Å². The maximum absolute atomic E-state index is 11.8. The minimum absolute atomic E-state index is 0.223. The monoisotopic (exact) mass is 233 g/mol. The number of hydrogen-bond acceptors (Lipinski definition) is 3. The Balaban J connectivity index is 2.58. The zero-order valence-electron chi connectivity index (χ0n) is 8.54. The summed E-state index contributed by atoms with van der Waals surface area (Å²) in [6.07, 6.45) is -3.44. The number of ether oxygens (including phenoxy) is 1. The molecule has 0 N–H and O–H groups in total. The van der Waals surface area contributed by atoms with Gasteiger partial charge in [-0.1, -0.05) is 0 Å². The quantitative estimate of drug-likeness (QED) is 0.750. The lowest BCUT2D eigenvalue weighted by molar-refractivity contribution is -0.139. The summed E-state index contributed by atoms with van der Waals surface area (Å²) in [6.45, 7) is 1.18. The Bertz CT molecular complexity index is 377. The van der Waals surface area contributed by atoms with Crippen LogP contribution >= 0.6 is 0 Å². The second-order valence-corrected chi connectivity index (χ2v) is 3.21. The van der Waals surface area contributed by atoms with Crippen molar-refractivity contribution in [2.45, 2.75) is 19.5 Å². The van der Waals surface area contributed by atoms with Gasteiger partial charge in [-0.25, -0.2) is 4.98 Å². The van der Waals surface area contributed by atoms with E-state index in [1.165, 1.54) is 12.3 Å². The minimum Gasteiger partial charge on any atom is -0.491 e. The highest BCUT2D eigenvalue weighted by atomic mass is 19.4. The number of halogens is 3. The Morgan fingerprint density at radius 2 is 2.19 bits per heavy atom. The fourth-order valence-corrected chi connectivity index (χ4v) is 1.06. The van der Waals surface area contributed by atoms with E-state index in [2.05, 4.69) is 4.98 Å². The third-order valence-electron chi connectivity index (χ3n) is 1.85. The zero-order valence-corrected chi connectivity index (χ0v) is 8.54. The number of aldehydes is 1. The lowest BCUT2D eigenvalue weighted by Gasteiger charge is -2.10. The summed E-state index contributed by atoms with van der Waals surface area (Å²) in [5.41, 5.74) is 0.806. The summed E-state index contributed by atoms with van der Waals surface area (Å²) in [7, 11) is 0. The van der Waals surface area contributed by atoms with E-state index in [4.69, 9.17) is 4.74 Å². The van der Waals surface area contributed by atoms with Gasteiger partial charge in [0.1, 0.15) is 11.4 Å². The molecule has 6 heteroatoms. The van der Waals surface area contributed by atoms with Gasteiger partial charge in [-0.2, -0.15) is 13.2 Å². The SMILES string of the molecule is Cc1cc(C=O)ncc1OCCC(F)(F)F. The van der Waals surface area contributed by atoms with E-state index in [-0.39, 0.29) is 11.4 Å². The molecule has 0 fully saturated rings. The van der Waals surface area contributed by atoms with Crippen molar-refractivity contribution in [3.05, 3.63) is 23.5 Å². The summed E-state index contributed by atoms with van der Waals surface area (Å²) in [4.78, 5) is 14.1. The first kappa shape index (κ1) is 12.5. The molecule has 16 heavy (non-hydrogen) atoms. The van der Waals surface area contributed by atoms with Crippen molar-refractivity contribution in [2.75, 3.05) is 6.61 Å². The first-order chi connectivity index (χ1) is 7.42. The normalized spacial score (nSPS) is 11.2. The molecule has 0 saturated carbocycles. The lowest BCUT2D eigenvalue weighted by atomic mass is 10.2. The van der Waals surface area contributed by atoms with E-state index < -0.39 is 19.2 Å². The van der Waals surface area contributed by atoms with E-state index in [0.29, 0.717) is 11.8 Å². The number of nitrogens with zero attached hydrogens (tertiary/aromatic N) is 1. The molecule has 0 aliphatic rings. The molecule has 0 aromatic carbocycles. The molecule has 0 spiro atoms. The van der Waals surface area contributed by atoms with Crippen molar-refractivity contribution in [3.63, 3.8) is 0 Å². The molecule has 0 aliphatic heterocycles. The maximum atomic E-state index is 11.8. The number of aryl methyl sites for hydroxylation is 1. The Hall–Kier alpha value is -1.59. The molecule has 1 heterocycles. The number of carbonyl (C=O) groups is 1. The molecular formula is C10H10F3NO2. The molecule has 0 saturated heterocycles. The van der Waals surface area contributed by atoms with Gasteiger partial charge >= 0.3 is 6.18 Å². The van der Waals surface area contributed by atoms with Gasteiger partial charge in [-0.15, -0.1) is 0 Å². The predicted molar refractivity (Wildman–Crippen MR) is 50.5 cm³/mol. The molecule has 0 radical (unpaired) electrons. The third-order valence-corrected chi connectivity index (χ3v) is 1.85. The molecule has 0 atom stereocenters. The van der Waals surface area contributed by atoms with Crippen LogP contribution in [0.25, 0.3) is 0 Å². The Labute approximate surface area is 90.2 Å². The number of carbonyl (C=O) groups excluding carboxylic acids is 1. The van der Waals surface area contributed by atoms with Gasteiger partial charge in [0.15, 0.2) is 6.29 Å². The second-order valence-electron chi connectivity index (χ2n) is 3.21. The van der Waals surface area contributed by atoms with Crippen molar-refractivity contribution in [3.8, 4) is 5.75 Å². The molecule has 3 nitrogen and oxygen atoms in total. The molecular weight excluding hydrogens is 223 g/mol. The van der Waals surface area contributed by atoms with Gasteiger partial charge in [0.2, 0.25) is 0 Å². The van der Waals surface area contributed by atoms with Crippen LogP contribution in [-0.4, -0.2) is 24.1 Å². The summed E-state index contributed by atoms with van der Waals surface area (Å²) in [5, 5.41) is 0. The summed E-state index contributed by atoms with van der Waals surface area (Å²) >= 11 is 0. The van der Waals surface area contributed by atoms with Gasteiger partial charge in [0.05, 0.1) is 19.2 Å². The summed E-state index contributed by atoms with van der Waals surface area (Å²) < 4.78 is 40.4. The average Bonchev–Trinajstić information content (AvgIpc) is 2.18. The highest BCUT2D eigenvalue weighted by Crippen LogP contribution is 2.21. The molecule has 0 amide bonds. The first-order valence-corrected chi connectivity index (χ1v) is 4.54. The van der Waals surface area contributed by atoms with Crippen LogP contribution in [0.2, 0.25) is 0 Å². The van der Waals surface area contributed by atoms with Crippen LogP contribution in [0.15, 0.2) is 12.3 Å². The summed E-state index contributed by atoms with van der Waals surface area (Å²) in [5.74, 6) is 0.259. The Morgan fingerprint density at radius 3 is 2.69 bits per heavy atom. The standard InChI is InChI=1S/C10H10F3NO2/c1-7-4-8(6-15)14-5-9(7)16-3-2-10(11,12)13/h4-6H,2-3H2,1H3. The van der Waals surface area contributed by atoms with E-state index in [0.717, 1.165) is 0 Å². The molecule has 1 rings (SSSR count). The average molecular weight is 233 g/mol. The van der Waals surface area contributed by atoms with Crippen LogP contribution in [0.5, 0.6) is 5.75 Å². The second kappa shape index (κ2) is 4.96. The summed E-state index contributed by atoms with van der Waals surface area (Å²) in [6, 6.07) is 1.45. The van der Waals surface area contributed by atoms with Crippen LogP contribution < -0.4 is 4.74 Å². The number of alkyl halides is 3. The van der Waals surface area contributed by atoms with Crippen LogP contribution in [0, 0.1) is 6.92 Å². The number of hydrogen-bond donors (Lipinski definition) is 0. The fraction of sp³-hybridized carbons (Fsp3) is 0.400. The highest BCUT2D eigenvalue weighted by molar-refractivity contribution is 5.72. The topological polar surface area (TPSA) is 39.2 Å².